The molecule has 0 aliphatic carbocycles. The minimum atomic E-state index is -0.0906. The molecule has 0 aliphatic heterocycles. The monoisotopic (exact) mass is 176 g/mol. The average molecular weight is 176 g/mol. The van der Waals surface area contributed by atoms with Crippen LogP contribution in [-0.2, 0) is 0 Å². The maximum atomic E-state index is 11.1. The predicted octanol–water partition coefficient (Wildman–Crippen LogP) is 1.01. The Morgan fingerprint density at radius 2 is 2.08 bits per heavy atom. The second-order valence-electron chi connectivity index (χ2n) is 3.21. The van der Waals surface area contributed by atoms with Gasteiger partial charge in [-0.25, -0.2) is 0 Å². The van der Waals surface area contributed by atoms with Crippen molar-refractivity contribution in [2.45, 2.75) is 20.7 Å². The van der Waals surface area contributed by atoms with E-state index < -0.39 is 0 Å². The van der Waals surface area contributed by atoms with Gasteiger partial charge in [0.25, 0.3) is 0 Å². The molecule has 0 saturated carbocycles. The summed E-state index contributed by atoms with van der Waals surface area (Å²) < 4.78 is 0. The van der Waals surface area contributed by atoms with E-state index in [1.54, 1.807) is 12.1 Å². The Hall–Kier alpha value is -1.25. The summed E-state index contributed by atoms with van der Waals surface area (Å²) in [5, 5.41) is 9.46. The zero-order valence-electron chi connectivity index (χ0n) is 8.22. The van der Waals surface area contributed by atoms with E-state index in [9.17, 15) is 9.90 Å². The molecule has 3 heteroatoms. The van der Waals surface area contributed by atoms with E-state index in [2.05, 4.69) is 0 Å². The highest BCUT2D eigenvalue weighted by Gasteiger charge is 2.08. The number of aromatic hydroxyl groups is 1. The van der Waals surface area contributed by atoms with E-state index >= 15 is 0 Å². The molecular formula is C10H13BO2. The molecule has 0 aromatic heterocycles. The number of phenolic OH excluding ortho intramolecular Hbond substituents is 1. The van der Waals surface area contributed by atoms with Crippen LogP contribution in [0, 0.1) is 6.92 Å². The normalized spacial score (nSPS) is 9.77. The fourth-order valence-electron chi connectivity index (χ4n) is 1.40. The zero-order chi connectivity index (χ0) is 10.0. The SMILES string of the molecule is CBc1cc(C(C)=O)c(O)cc1C. The number of carbonyl (C=O) groups excluding carboxylic acids is 1. The number of phenols is 1. The minimum Gasteiger partial charge on any atom is -0.507 e. The van der Waals surface area contributed by atoms with Crippen LogP contribution in [0.1, 0.15) is 22.8 Å². The number of rotatable bonds is 2. The van der Waals surface area contributed by atoms with E-state index in [1.165, 1.54) is 6.92 Å². The van der Waals surface area contributed by atoms with E-state index in [1.807, 2.05) is 13.7 Å². The molecule has 0 bridgehead atoms. The van der Waals surface area contributed by atoms with Crippen LogP contribution in [0.2, 0.25) is 6.82 Å². The van der Waals surface area contributed by atoms with Crippen LogP contribution in [0.4, 0.5) is 0 Å². The molecule has 68 valence electrons. The lowest BCUT2D eigenvalue weighted by molar-refractivity contribution is 0.101. The Bertz CT molecular complexity index is 345. The summed E-state index contributed by atoms with van der Waals surface area (Å²) in [7, 11) is 0.881. The molecule has 13 heavy (non-hydrogen) atoms. The summed E-state index contributed by atoms with van der Waals surface area (Å²) in [6, 6.07) is 3.42. The van der Waals surface area contributed by atoms with Crippen molar-refractivity contribution in [2.75, 3.05) is 0 Å². The van der Waals surface area contributed by atoms with Crippen LogP contribution in [0.3, 0.4) is 0 Å². The Balaban J connectivity index is 3.30. The van der Waals surface area contributed by atoms with Gasteiger partial charge in [-0.15, -0.1) is 0 Å². The van der Waals surface area contributed by atoms with Crippen molar-refractivity contribution in [3.8, 4) is 5.75 Å². The van der Waals surface area contributed by atoms with Gasteiger partial charge in [-0.2, -0.15) is 0 Å². The Labute approximate surface area is 78.8 Å². The van der Waals surface area contributed by atoms with Gasteiger partial charge in [0.15, 0.2) is 13.1 Å². The first kappa shape index (κ1) is 9.84. The largest absolute Gasteiger partial charge is 0.507 e. The highest BCUT2D eigenvalue weighted by atomic mass is 16.3. The van der Waals surface area contributed by atoms with Gasteiger partial charge in [0.1, 0.15) is 5.75 Å². The highest BCUT2D eigenvalue weighted by molar-refractivity contribution is 6.52. The molecule has 0 saturated heterocycles. The third-order valence-corrected chi connectivity index (χ3v) is 2.21. The number of hydrogen-bond acceptors (Lipinski definition) is 2. The Kier molecular flexibility index (Phi) is 2.76. The quantitative estimate of drug-likeness (QED) is 0.539. The van der Waals surface area contributed by atoms with Gasteiger partial charge in [-0.05, 0) is 19.9 Å². The molecule has 1 rings (SSSR count). The van der Waals surface area contributed by atoms with Crippen molar-refractivity contribution in [1.82, 2.24) is 0 Å². The number of ketones is 1. The molecule has 0 radical (unpaired) electrons. The smallest absolute Gasteiger partial charge is 0.163 e. The molecule has 1 aromatic rings. The molecule has 1 N–H and O–H groups in total. The molecule has 0 unspecified atom stereocenters. The van der Waals surface area contributed by atoms with Crippen LogP contribution in [0.15, 0.2) is 12.1 Å². The van der Waals surface area contributed by atoms with Gasteiger partial charge in [-0.1, -0.05) is 23.9 Å². The molecular weight excluding hydrogens is 163 g/mol. The van der Waals surface area contributed by atoms with E-state index in [0.717, 1.165) is 18.3 Å². The molecule has 0 fully saturated rings. The fraction of sp³-hybridized carbons (Fsp3) is 0.300. The van der Waals surface area contributed by atoms with Crippen molar-refractivity contribution in [3.63, 3.8) is 0 Å². The maximum absolute atomic E-state index is 11.1. The molecule has 1 aromatic carbocycles. The first-order chi connectivity index (χ1) is 6.06. The third kappa shape index (κ3) is 1.91. The molecule has 0 heterocycles. The predicted molar refractivity (Wildman–Crippen MR) is 55.5 cm³/mol. The second kappa shape index (κ2) is 3.65. The van der Waals surface area contributed by atoms with Gasteiger partial charge in [-0.3, -0.25) is 4.79 Å². The maximum Gasteiger partial charge on any atom is 0.163 e. The molecule has 0 aliphatic rings. The number of Topliss-reactive ketones (excluding diaryl/α,β-unsaturated/α-hetero) is 1. The zero-order valence-corrected chi connectivity index (χ0v) is 8.22. The van der Waals surface area contributed by atoms with Gasteiger partial charge in [0.05, 0.1) is 5.56 Å². The van der Waals surface area contributed by atoms with Crippen LogP contribution in [0.5, 0.6) is 5.75 Å². The summed E-state index contributed by atoms with van der Waals surface area (Å²) in [6.45, 7) is 5.43. The van der Waals surface area contributed by atoms with Gasteiger partial charge < -0.3 is 5.11 Å². The number of aryl methyl sites for hydroxylation is 1. The van der Waals surface area contributed by atoms with E-state index in [-0.39, 0.29) is 11.5 Å². The van der Waals surface area contributed by atoms with E-state index in [4.69, 9.17) is 0 Å². The minimum absolute atomic E-state index is 0.0854. The summed E-state index contributed by atoms with van der Waals surface area (Å²) in [5.74, 6) is -0.00519. The van der Waals surface area contributed by atoms with Gasteiger partial charge in [0.2, 0.25) is 0 Å². The lowest BCUT2D eigenvalue weighted by Crippen LogP contribution is -2.16. The van der Waals surface area contributed by atoms with Crippen LogP contribution in [-0.4, -0.2) is 18.2 Å². The van der Waals surface area contributed by atoms with Crippen molar-refractivity contribution < 1.29 is 9.90 Å². The van der Waals surface area contributed by atoms with Gasteiger partial charge in [0, 0.05) is 0 Å². The summed E-state index contributed by atoms with van der Waals surface area (Å²) in [5.41, 5.74) is 2.57. The molecule has 0 amide bonds. The lowest BCUT2D eigenvalue weighted by Gasteiger charge is -2.06. The van der Waals surface area contributed by atoms with Crippen LogP contribution >= 0.6 is 0 Å². The molecule has 0 atom stereocenters. The number of benzene rings is 1. The number of carbonyl (C=O) groups is 1. The van der Waals surface area contributed by atoms with Crippen LogP contribution in [0.25, 0.3) is 0 Å². The highest BCUT2D eigenvalue weighted by Crippen LogP contribution is 2.17. The first-order valence-corrected chi connectivity index (χ1v) is 4.39. The summed E-state index contributed by atoms with van der Waals surface area (Å²) in [4.78, 5) is 11.1. The third-order valence-electron chi connectivity index (χ3n) is 2.21. The van der Waals surface area contributed by atoms with Gasteiger partial charge >= 0.3 is 0 Å². The topological polar surface area (TPSA) is 37.3 Å². The number of hydrogen-bond donors (Lipinski definition) is 1. The average Bonchev–Trinajstić information content (AvgIpc) is 2.03. The molecule has 2 nitrogen and oxygen atoms in total. The summed E-state index contributed by atoms with van der Waals surface area (Å²) >= 11 is 0. The summed E-state index contributed by atoms with van der Waals surface area (Å²) in [6.07, 6.45) is 0. The van der Waals surface area contributed by atoms with Crippen molar-refractivity contribution in [2.24, 2.45) is 0 Å². The van der Waals surface area contributed by atoms with Crippen molar-refractivity contribution in [1.29, 1.82) is 0 Å². The first-order valence-electron chi connectivity index (χ1n) is 4.39. The van der Waals surface area contributed by atoms with Crippen LogP contribution < -0.4 is 5.46 Å². The Morgan fingerprint density at radius 1 is 1.46 bits per heavy atom. The second-order valence-corrected chi connectivity index (χ2v) is 3.21. The molecule has 0 spiro atoms. The standard InChI is InChI=1S/C10H13BO2/c1-6-4-10(13)8(7(2)12)5-9(6)11-3/h4-5,11,13H,1-3H3. The van der Waals surface area contributed by atoms with E-state index in [0.29, 0.717) is 5.56 Å². The van der Waals surface area contributed by atoms with Crippen molar-refractivity contribution in [3.05, 3.63) is 23.3 Å². The fourth-order valence-corrected chi connectivity index (χ4v) is 1.40. The Morgan fingerprint density at radius 3 is 2.54 bits per heavy atom. The van der Waals surface area contributed by atoms with Crippen molar-refractivity contribution >= 4 is 18.5 Å². The lowest BCUT2D eigenvalue weighted by atomic mass is 9.70.